The minimum Gasteiger partial charge on any atom is -0.427 e. The van der Waals surface area contributed by atoms with E-state index in [-0.39, 0.29) is 18.1 Å². The molecule has 43 heavy (non-hydrogen) atoms. The van der Waals surface area contributed by atoms with Crippen molar-refractivity contribution in [2.24, 2.45) is 0 Å². The third kappa shape index (κ3) is 6.86. The Labute approximate surface area is 250 Å². The Kier molecular flexibility index (Phi) is 9.05. The monoisotopic (exact) mass is 578 g/mol. The van der Waals surface area contributed by atoms with E-state index in [9.17, 15) is 14.4 Å². The standard InChI is InChI=1S/C35H34N2O6/c1-3-4-11-28-22-31(26-12-7-5-8-13-26)35(24-41-37-21-20-33(39)36-37,29-16-18-30(19-17-29)42-25(2)38)23-32(28)43-34(40)27-14-9-6-10-15-27/h5-10,12-23,31H,3-4,11,24H2,1-2H3,(H,36,39). The van der Waals surface area contributed by atoms with Crippen molar-refractivity contribution < 1.29 is 23.9 Å². The molecule has 2 atom stereocenters. The van der Waals surface area contributed by atoms with Gasteiger partial charge in [0.1, 0.15) is 18.1 Å². The van der Waals surface area contributed by atoms with Crippen molar-refractivity contribution in [2.75, 3.05) is 6.61 Å². The second-order valence-electron chi connectivity index (χ2n) is 10.5. The molecule has 0 spiro atoms. The molecule has 0 amide bonds. The van der Waals surface area contributed by atoms with Crippen LogP contribution in [0.4, 0.5) is 0 Å². The van der Waals surface area contributed by atoms with E-state index < -0.39 is 17.4 Å². The van der Waals surface area contributed by atoms with E-state index in [1.54, 1.807) is 36.4 Å². The molecular weight excluding hydrogens is 544 g/mol. The van der Waals surface area contributed by atoms with E-state index in [2.05, 4.69) is 30.2 Å². The van der Waals surface area contributed by atoms with Crippen LogP contribution in [0.1, 0.15) is 60.5 Å². The smallest absolute Gasteiger partial charge is 0.343 e. The average molecular weight is 579 g/mol. The van der Waals surface area contributed by atoms with Crippen LogP contribution in [-0.4, -0.2) is 28.5 Å². The lowest BCUT2D eigenvalue weighted by Gasteiger charge is -2.41. The highest BCUT2D eigenvalue weighted by Gasteiger charge is 2.44. The molecule has 8 heteroatoms. The summed E-state index contributed by atoms with van der Waals surface area (Å²) in [6.45, 7) is 3.55. The van der Waals surface area contributed by atoms with E-state index in [0.717, 1.165) is 36.0 Å². The minimum absolute atomic E-state index is 0.0774. The van der Waals surface area contributed by atoms with Crippen molar-refractivity contribution in [3.05, 3.63) is 148 Å². The van der Waals surface area contributed by atoms with E-state index in [1.807, 2.05) is 42.5 Å². The number of benzene rings is 3. The number of carbonyl (C=O) groups excluding carboxylic acids is 2. The normalized spacial score (nSPS) is 17.9. The van der Waals surface area contributed by atoms with Gasteiger partial charge < -0.3 is 14.3 Å². The number of unbranched alkanes of at least 4 members (excludes halogenated alkanes) is 1. The molecule has 8 nitrogen and oxygen atoms in total. The molecular formula is C35H34N2O6. The molecule has 1 aliphatic carbocycles. The predicted octanol–water partition coefficient (Wildman–Crippen LogP) is 6.12. The quantitative estimate of drug-likeness (QED) is 0.170. The number of H-pyrrole nitrogens is 1. The van der Waals surface area contributed by atoms with Crippen LogP contribution in [0.5, 0.6) is 5.75 Å². The summed E-state index contributed by atoms with van der Waals surface area (Å²) in [6, 6.07) is 27.6. The van der Waals surface area contributed by atoms with Crippen LogP contribution >= 0.6 is 0 Å². The van der Waals surface area contributed by atoms with Gasteiger partial charge in [0.05, 0.1) is 17.2 Å². The first-order valence-electron chi connectivity index (χ1n) is 14.3. The van der Waals surface area contributed by atoms with Crippen LogP contribution < -0.4 is 15.1 Å². The van der Waals surface area contributed by atoms with Gasteiger partial charge in [-0.15, -0.1) is 4.85 Å². The molecule has 1 aromatic heterocycles. The molecule has 0 aliphatic heterocycles. The zero-order valence-electron chi connectivity index (χ0n) is 24.2. The molecule has 0 bridgehead atoms. The predicted molar refractivity (Wildman–Crippen MR) is 163 cm³/mol. The molecule has 0 saturated heterocycles. The van der Waals surface area contributed by atoms with Gasteiger partial charge in [0, 0.05) is 18.9 Å². The zero-order valence-corrected chi connectivity index (χ0v) is 24.2. The number of nitrogens with zero attached hydrogens (tertiary/aromatic N) is 1. The number of nitrogens with one attached hydrogen (secondary N) is 1. The van der Waals surface area contributed by atoms with Gasteiger partial charge in [-0.25, -0.2) is 9.89 Å². The molecule has 3 aromatic carbocycles. The number of esters is 2. The Morgan fingerprint density at radius 2 is 1.60 bits per heavy atom. The molecule has 2 unspecified atom stereocenters. The molecule has 0 radical (unpaired) electrons. The number of carbonyl (C=O) groups is 2. The van der Waals surface area contributed by atoms with E-state index in [0.29, 0.717) is 17.1 Å². The molecule has 1 N–H and O–H groups in total. The lowest BCUT2D eigenvalue weighted by atomic mass is 9.64. The van der Waals surface area contributed by atoms with Crippen LogP contribution in [0.3, 0.4) is 0 Å². The van der Waals surface area contributed by atoms with E-state index in [4.69, 9.17) is 14.3 Å². The molecule has 1 aliphatic rings. The molecule has 5 rings (SSSR count). The van der Waals surface area contributed by atoms with Gasteiger partial charge in [-0.2, -0.15) is 0 Å². The van der Waals surface area contributed by atoms with Crippen molar-refractivity contribution in [3.63, 3.8) is 0 Å². The maximum Gasteiger partial charge on any atom is 0.343 e. The number of aromatic nitrogens is 2. The van der Waals surface area contributed by atoms with Crippen LogP contribution in [0, 0.1) is 0 Å². The SMILES string of the molecule is CCCCC1=CC(c2ccccc2)C(COn2ccc(=O)[nH]2)(c2ccc(OC(C)=O)cc2)C=C1OC(=O)c1ccccc1. The topological polar surface area (TPSA) is 99.6 Å². The summed E-state index contributed by atoms with van der Waals surface area (Å²) in [7, 11) is 0. The Morgan fingerprint density at radius 1 is 0.907 bits per heavy atom. The Balaban J connectivity index is 1.67. The van der Waals surface area contributed by atoms with E-state index >= 15 is 0 Å². The Hall–Kier alpha value is -5.11. The summed E-state index contributed by atoms with van der Waals surface area (Å²) in [5.41, 5.74) is 2.06. The maximum absolute atomic E-state index is 13.3. The fraction of sp³-hybridized carbons (Fsp3) is 0.229. The summed E-state index contributed by atoms with van der Waals surface area (Å²) >= 11 is 0. The first-order valence-corrected chi connectivity index (χ1v) is 14.3. The second-order valence-corrected chi connectivity index (χ2v) is 10.5. The first kappa shape index (κ1) is 29.4. The molecule has 0 saturated carbocycles. The molecule has 0 fully saturated rings. The number of hydrogen-bond donors (Lipinski definition) is 1. The van der Waals surface area contributed by atoms with Crippen LogP contribution in [0.25, 0.3) is 0 Å². The molecule has 220 valence electrons. The molecule has 4 aromatic rings. The number of aromatic amines is 1. The van der Waals surface area contributed by atoms with Gasteiger partial charge in [-0.05, 0) is 59.9 Å². The van der Waals surface area contributed by atoms with Gasteiger partial charge in [-0.1, -0.05) is 80.1 Å². The van der Waals surface area contributed by atoms with Crippen molar-refractivity contribution in [3.8, 4) is 5.75 Å². The highest BCUT2D eigenvalue weighted by Crippen LogP contribution is 2.48. The van der Waals surface area contributed by atoms with Gasteiger partial charge in [0.25, 0.3) is 5.56 Å². The average Bonchev–Trinajstić information content (AvgIpc) is 3.45. The Morgan fingerprint density at radius 3 is 2.23 bits per heavy atom. The summed E-state index contributed by atoms with van der Waals surface area (Å²) in [5, 5.41) is 2.63. The minimum atomic E-state index is -0.903. The molecule has 1 heterocycles. The van der Waals surface area contributed by atoms with Crippen LogP contribution in [-0.2, 0) is 14.9 Å². The largest absolute Gasteiger partial charge is 0.427 e. The number of ether oxygens (including phenoxy) is 2. The van der Waals surface area contributed by atoms with Crippen molar-refractivity contribution in [1.82, 2.24) is 9.94 Å². The summed E-state index contributed by atoms with van der Waals surface area (Å²) in [4.78, 5) is 44.3. The van der Waals surface area contributed by atoms with Crippen LogP contribution in [0.2, 0.25) is 0 Å². The lowest BCUT2D eigenvalue weighted by molar-refractivity contribution is -0.131. The highest BCUT2D eigenvalue weighted by molar-refractivity contribution is 5.90. The maximum atomic E-state index is 13.3. The van der Waals surface area contributed by atoms with Gasteiger partial charge in [-0.3, -0.25) is 9.59 Å². The third-order valence-corrected chi connectivity index (χ3v) is 7.48. The van der Waals surface area contributed by atoms with E-state index in [1.165, 1.54) is 24.0 Å². The van der Waals surface area contributed by atoms with Gasteiger partial charge in [0.2, 0.25) is 0 Å². The fourth-order valence-electron chi connectivity index (χ4n) is 5.35. The van der Waals surface area contributed by atoms with Gasteiger partial charge >= 0.3 is 11.9 Å². The summed E-state index contributed by atoms with van der Waals surface area (Å²) in [6.07, 6.45) is 8.27. The zero-order chi connectivity index (χ0) is 30.2. The number of hydrogen-bond acceptors (Lipinski definition) is 6. The van der Waals surface area contributed by atoms with Crippen LogP contribution in [0.15, 0.2) is 125 Å². The van der Waals surface area contributed by atoms with Crippen molar-refractivity contribution in [1.29, 1.82) is 0 Å². The lowest BCUT2D eigenvalue weighted by Crippen LogP contribution is -2.42. The number of rotatable bonds is 11. The second kappa shape index (κ2) is 13.2. The van der Waals surface area contributed by atoms with Crippen molar-refractivity contribution in [2.45, 2.75) is 44.4 Å². The summed E-state index contributed by atoms with van der Waals surface area (Å²) < 4.78 is 11.5. The Bertz CT molecular complexity index is 1670. The third-order valence-electron chi connectivity index (χ3n) is 7.48. The highest BCUT2D eigenvalue weighted by atomic mass is 16.7. The van der Waals surface area contributed by atoms with Crippen molar-refractivity contribution >= 4 is 11.9 Å². The fourth-order valence-corrected chi connectivity index (χ4v) is 5.35. The first-order chi connectivity index (χ1) is 20.9. The summed E-state index contributed by atoms with van der Waals surface area (Å²) in [5.74, 6) is -0.236. The van der Waals surface area contributed by atoms with Gasteiger partial charge in [0.15, 0.2) is 0 Å². The number of allylic oxidation sites excluding steroid dienone is 2.